The molecule has 0 aliphatic heterocycles. The van der Waals surface area contributed by atoms with Crippen molar-refractivity contribution in [2.24, 2.45) is 0 Å². The molecule has 0 radical (unpaired) electrons. The lowest BCUT2D eigenvalue weighted by Gasteiger charge is -2.10. The van der Waals surface area contributed by atoms with Crippen molar-refractivity contribution >= 4 is 0 Å². The predicted molar refractivity (Wildman–Crippen MR) is 58.9 cm³/mol. The number of rotatable bonds is 4. The van der Waals surface area contributed by atoms with Gasteiger partial charge >= 0.3 is 0 Å². The van der Waals surface area contributed by atoms with Crippen molar-refractivity contribution in [3.8, 4) is 5.88 Å². The van der Waals surface area contributed by atoms with Gasteiger partial charge in [0.15, 0.2) is 0 Å². The highest BCUT2D eigenvalue weighted by Gasteiger charge is 2.05. The molecule has 2 nitrogen and oxygen atoms in total. The van der Waals surface area contributed by atoms with E-state index in [2.05, 4.69) is 31.8 Å². The molecule has 0 bridgehead atoms. The molecule has 1 aromatic heterocycles. The number of nitrogens with zero attached hydrogens (tertiary/aromatic N) is 1. The Bertz CT molecular complexity index is 294. The Morgan fingerprint density at radius 2 is 2.00 bits per heavy atom. The number of aromatic nitrogens is 1. The number of ether oxygens (including phenoxy) is 1. The molecule has 0 amide bonds. The quantitative estimate of drug-likeness (QED) is 0.732. The van der Waals surface area contributed by atoms with Crippen LogP contribution in [-0.2, 0) is 6.42 Å². The second kappa shape index (κ2) is 4.99. The summed E-state index contributed by atoms with van der Waals surface area (Å²) < 4.78 is 5.43. The minimum atomic E-state index is 0.459. The first-order chi connectivity index (χ1) is 6.67. The van der Waals surface area contributed by atoms with Crippen molar-refractivity contribution in [3.63, 3.8) is 0 Å². The Morgan fingerprint density at radius 3 is 2.50 bits per heavy atom. The summed E-state index contributed by atoms with van der Waals surface area (Å²) >= 11 is 0. The van der Waals surface area contributed by atoms with E-state index in [1.54, 1.807) is 0 Å². The molecule has 0 unspecified atom stereocenters. The van der Waals surface area contributed by atoms with E-state index in [4.69, 9.17) is 4.74 Å². The van der Waals surface area contributed by atoms with Crippen LogP contribution >= 0.6 is 0 Å². The van der Waals surface area contributed by atoms with Crippen LogP contribution < -0.4 is 4.74 Å². The van der Waals surface area contributed by atoms with E-state index in [0.29, 0.717) is 12.5 Å². The highest BCUT2D eigenvalue weighted by Crippen LogP contribution is 2.19. The van der Waals surface area contributed by atoms with Gasteiger partial charge in [0.05, 0.1) is 6.61 Å². The third kappa shape index (κ3) is 2.72. The number of hydrogen-bond acceptors (Lipinski definition) is 2. The number of aryl methyl sites for hydroxylation is 1. The van der Waals surface area contributed by atoms with Crippen LogP contribution in [0.3, 0.4) is 0 Å². The SMILES string of the molecule is CCOc1cc(CC)cc(C(C)C)n1. The van der Waals surface area contributed by atoms with E-state index < -0.39 is 0 Å². The van der Waals surface area contributed by atoms with E-state index in [0.717, 1.165) is 18.0 Å². The molecule has 78 valence electrons. The predicted octanol–water partition coefficient (Wildman–Crippen LogP) is 3.17. The van der Waals surface area contributed by atoms with Crippen molar-refractivity contribution in [2.45, 2.75) is 40.0 Å². The molecule has 0 fully saturated rings. The summed E-state index contributed by atoms with van der Waals surface area (Å²) in [5, 5.41) is 0. The van der Waals surface area contributed by atoms with E-state index in [1.807, 2.05) is 13.0 Å². The third-order valence-electron chi connectivity index (χ3n) is 2.17. The van der Waals surface area contributed by atoms with Gasteiger partial charge in [0, 0.05) is 11.8 Å². The molecular weight excluding hydrogens is 174 g/mol. The maximum Gasteiger partial charge on any atom is 0.213 e. The van der Waals surface area contributed by atoms with Crippen LogP contribution in [0.15, 0.2) is 12.1 Å². The van der Waals surface area contributed by atoms with Crippen LogP contribution in [0, 0.1) is 0 Å². The zero-order valence-corrected chi connectivity index (χ0v) is 9.50. The molecule has 1 aromatic rings. The van der Waals surface area contributed by atoms with Crippen LogP contribution in [0.4, 0.5) is 0 Å². The summed E-state index contributed by atoms with van der Waals surface area (Å²) in [5.74, 6) is 1.22. The van der Waals surface area contributed by atoms with Crippen molar-refractivity contribution in [1.82, 2.24) is 4.98 Å². The second-order valence-corrected chi connectivity index (χ2v) is 3.68. The Hall–Kier alpha value is -1.05. The van der Waals surface area contributed by atoms with E-state index in [9.17, 15) is 0 Å². The zero-order chi connectivity index (χ0) is 10.6. The van der Waals surface area contributed by atoms with Gasteiger partial charge in [0.1, 0.15) is 0 Å². The molecule has 0 aliphatic rings. The lowest BCUT2D eigenvalue weighted by Crippen LogP contribution is -2.00. The maximum atomic E-state index is 5.43. The van der Waals surface area contributed by atoms with Crippen LogP contribution in [0.2, 0.25) is 0 Å². The van der Waals surface area contributed by atoms with Gasteiger partial charge in [-0.15, -0.1) is 0 Å². The second-order valence-electron chi connectivity index (χ2n) is 3.68. The maximum absolute atomic E-state index is 5.43. The Labute approximate surface area is 86.3 Å². The largest absolute Gasteiger partial charge is 0.478 e. The van der Waals surface area contributed by atoms with Crippen LogP contribution in [0.25, 0.3) is 0 Å². The van der Waals surface area contributed by atoms with E-state index in [-0.39, 0.29) is 0 Å². The number of pyridine rings is 1. The first-order valence-corrected chi connectivity index (χ1v) is 5.31. The standard InChI is InChI=1S/C12H19NO/c1-5-10-7-11(9(3)4)13-12(8-10)14-6-2/h7-9H,5-6H2,1-4H3. The minimum absolute atomic E-state index is 0.459. The topological polar surface area (TPSA) is 22.1 Å². The van der Waals surface area contributed by atoms with Gasteiger partial charge in [-0.3, -0.25) is 0 Å². The van der Waals surface area contributed by atoms with Gasteiger partial charge in [-0.25, -0.2) is 4.98 Å². The van der Waals surface area contributed by atoms with Gasteiger partial charge < -0.3 is 4.74 Å². The fraction of sp³-hybridized carbons (Fsp3) is 0.583. The van der Waals surface area contributed by atoms with E-state index >= 15 is 0 Å². The Kier molecular flexibility index (Phi) is 3.93. The normalized spacial score (nSPS) is 10.6. The Balaban J connectivity index is 3.00. The molecule has 0 aliphatic carbocycles. The zero-order valence-electron chi connectivity index (χ0n) is 9.50. The fourth-order valence-electron chi connectivity index (χ4n) is 1.30. The average molecular weight is 193 g/mol. The summed E-state index contributed by atoms with van der Waals surface area (Å²) in [6.07, 6.45) is 1.03. The van der Waals surface area contributed by atoms with Crippen molar-refractivity contribution in [1.29, 1.82) is 0 Å². The summed E-state index contributed by atoms with van der Waals surface area (Å²) in [5.41, 5.74) is 2.42. The fourth-order valence-corrected chi connectivity index (χ4v) is 1.30. The summed E-state index contributed by atoms with van der Waals surface area (Å²) in [6, 6.07) is 4.18. The first-order valence-electron chi connectivity index (χ1n) is 5.31. The minimum Gasteiger partial charge on any atom is -0.478 e. The number of hydrogen-bond donors (Lipinski definition) is 0. The molecule has 0 N–H and O–H groups in total. The molecule has 1 heterocycles. The summed E-state index contributed by atoms with van der Waals surface area (Å²) in [6.45, 7) is 9.11. The Morgan fingerprint density at radius 1 is 1.29 bits per heavy atom. The lowest BCUT2D eigenvalue weighted by atomic mass is 10.1. The molecule has 0 spiro atoms. The first kappa shape index (κ1) is 11.0. The lowest BCUT2D eigenvalue weighted by molar-refractivity contribution is 0.325. The van der Waals surface area contributed by atoms with Gasteiger partial charge in [-0.1, -0.05) is 20.8 Å². The molecule has 0 atom stereocenters. The third-order valence-corrected chi connectivity index (χ3v) is 2.17. The van der Waals surface area contributed by atoms with Crippen molar-refractivity contribution < 1.29 is 4.74 Å². The highest BCUT2D eigenvalue weighted by molar-refractivity contribution is 5.26. The molecule has 0 aromatic carbocycles. The van der Waals surface area contributed by atoms with Crippen molar-refractivity contribution in [3.05, 3.63) is 23.4 Å². The smallest absolute Gasteiger partial charge is 0.213 e. The van der Waals surface area contributed by atoms with Gasteiger partial charge in [0.25, 0.3) is 0 Å². The van der Waals surface area contributed by atoms with Gasteiger partial charge in [0.2, 0.25) is 5.88 Å². The average Bonchev–Trinajstić information content (AvgIpc) is 2.17. The van der Waals surface area contributed by atoms with Crippen LogP contribution in [0.1, 0.15) is 44.9 Å². The summed E-state index contributed by atoms with van der Waals surface area (Å²) in [4.78, 5) is 4.45. The van der Waals surface area contributed by atoms with Crippen LogP contribution in [0.5, 0.6) is 5.88 Å². The van der Waals surface area contributed by atoms with Crippen molar-refractivity contribution in [2.75, 3.05) is 6.61 Å². The molecule has 14 heavy (non-hydrogen) atoms. The summed E-state index contributed by atoms with van der Waals surface area (Å²) in [7, 11) is 0. The monoisotopic (exact) mass is 193 g/mol. The molecular formula is C12H19NO. The molecule has 1 rings (SSSR count). The molecule has 0 saturated carbocycles. The van der Waals surface area contributed by atoms with Gasteiger partial charge in [-0.2, -0.15) is 0 Å². The van der Waals surface area contributed by atoms with E-state index in [1.165, 1.54) is 5.56 Å². The highest BCUT2D eigenvalue weighted by atomic mass is 16.5. The molecule has 0 saturated heterocycles. The van der Waals surface area contributed by atoms with Crippen LogP contribution in [-0.4, -0.2) is 11.6 Å². The molecule has 2 heteroatoms. The van der Waals surface area contributed by atoms with Gasteiger partial charge in [-0.05, 0) is 30.9 Å².